The minimum absolute atomic E-state index is 0.300. The maximum atomic E-state index is 12.7. The van der Waals surface area contributed by atoms with E-state index in [2.05, 4.69) is 5.32 Å². The molecule has 0 heterocycles. The van der Waals surface area contributed by atoms with Crippen LogP contribution in [0.25, 0.3) is 0 Å². The molecule has 3 aromatic rings. The van der Waals surface area contributed by atoms with Gasteiger partial charge in [0.15, 0.2) is 23.0 Å². The van der Waals surface area contributed by atoms with Gasteiger partial charge < -0.3 is 24.3 Å². The molecule has 0 aliphatic carbocycles. The van der Waals surface area contributed by atoms with Crippen LogP contribution in [0.4, 0.5) is 5.69 Å². The van der Waals surface area contributed by atoms with E-state index in [0.29, 0.717) is 51.6 Å². The zero-order valence-electron chi connectivity index (χ0n) is 16.9. The van der Waals surface area contributed by atoms with E-state index >= 15 is 0 Å². The van der Waals surface area contributed by atoms with E-state index in [1.54, 1.807) is 37.4 Å². The zero-order valence-corrected chi connectivity index (χ0v) is 17.7. The predicted octanol–water partition coefficient (Wildman–Crippen LogP) is 5.80. The van der Waals surface area contributed by atoms with Gasteiger partial charge >= 0.3 is 0 Å². The van der Waals surface area contributed by atoms with Gasteiger partial charge in [-0.2, -0.15) is 0 Å². The van der Waals surface area contributed by atoms with Crippen molar-refractivity contribution in [3.63, 3.8) is 0 Å². The SMILES string of the molecule is CCOc1cc(C(=O)Nc2ccc(Oc3ccccc3OC)cc2)cc(Cl)c1OC. The summed E-state index contributed by atoms with van der Waals surface area (Å²) in [5.74, 6) is 2.35. The molecule has 0 fully saturated rings. The third-order valence-electron chi connectivity index (χ3n) is 4.18. The van der Waals surface area contributed by atoms with Crippen molar-refractivity contribution in [3.8, 4) is 28.7 Å². The summed E-state index contributed by atoms with van der Waals surface area (Å²) < 4.78 is 21.9. The van der Waals surface area contributed by atoms with Crippen LogP contribution in [0, 0.1) is 0 Å². The van der Waals surface area contributed by atoms with Gasteiger partial charge in [0.25, 0.3) is 5.91 Å². The molecule has 1 N–H and O–H groups in total. The third-order valence-corrected chi connectivity index (χ3v) is 4.47. The third kappa shape index (κ3) is 4.96. The second-order valence-electron chi connectivity index (χ2n) is 6.15. The molecule has 0 atom stereocenters. The van der Waals surface area contributed by atoms with Gasteiger partial charge in [-0.15, -0.1) is 0 Å². The Morgan fingerprint density at radius 3 is 2.27 bits per heavy atom. The molecular formula is C23H22ClNO5. The summed E-state index contributed by atoms with van der Waals surface area (Å²) in [6.07, 6.45) is 0. The molecule has 6 nitrogen and oxygen atoms in total. The van der Waals surface area contributed by atoms with E-state index in [9.17, 15) is 4.79 Å². The van der Waals surface area contributed by atoms with Crippen LogP contribution >= 0.6 is 11.6 Å². The number of benzene rings is 3. The van der Waals surface area contributed by atoms with Crippen molar-refractivity contribution < 1.29 is 23.7 Å². The standard InChI is InChI=1S/C23H22ClNO5/c1-4-29-21-14-15(13-18(24)22(21)28-3)23(26)25-16-9-11-17(12-10-16)30-20-8-6-5-7-19(20)27-2/h5-14H,4H2,1-3H3,(H,25,26). The molecule has 0 radical (unpaired) electrons. The van der Waals surface area contributed by atoms with Crippen LogP contribution in [0.1, 0.15) is 17.3 Å². The first-order valence-corrected chi connectivity index (χ1v) is 9.66. The van der Waals surface area contributed by atoms with E-state index in [1.807, 2.05) is 31.2 Å². The van der Waals surface area contributed by atoms with Crippen molar-refractivity contribution in [2.45, 2.75) is 6.92 Å². The summed E-state index contributed by atoms with van der Waals surface area (Å²) in [6, 6.07) is 17.5. The lowest BCUT2D eigenvalue weighted by Crippen LogP contribution is -2.12. The van der Waals surface area contributed by atoms with Gasteiger partial charge in [-0.05, 0) is 55.5 Å². The number of ether oxygens (including phenoxy) is 4. The van der Waals surface area contributed by atoms with E-state index < -0.39 is 0 Å². The summed E-state index contributed by atoms with van der Waals surface area (Å²) in [6.45, 7) is 2.26. The Bertz CT molecular complexity index is 1020. The molecule has 0 unspecified atom stereocenters. The highest BCUT2D eigenvalue weighted by molar-refractivity contribution is 6.32. The highest BCUT2D eigenvalue weighted by Crippen LogP contribution is 2.36. The summed E-state index contributed by atoms with van der Waals surface area (Å²) in [5, 5.41) is 3.13. The quantitative estimate of drug-likeness (QED) is 0.492. The number of hydrogen-bond acceptors (Lipinski definition) is 5. The molecule has 30 heavy (non-hydrogen) atoms. The molecule has 0 aromatic heterocycles. The molecule has 0 aliphatic rings. The minimum Gasteiger partial charge on any atom is -0.493 e. The molecule has 0 aliphatic heterocycles. The molecule has 156 valence electrons. The van der Waals surface area contributed by atoms with Crippen LogP contribution in [0.5, 0.6) is 28.7 Å². The number of rotatable bonds is 8. The Labute approximate surface area is 180 Å². The Balaban J connectivity index is 1.73. The fourth-order valence-electron chi connectivity index (χ4n) is 2.80. The van der Waals surface area contributed by atoms with Crippen LogP contribution in [0.3, 0.4) is 0 Å². The fourth-order valence-corrected chi connectivity index (χ4v) is 3.09. The zero-order chi connectivity index (χ0) is 21.5. The lowest BCUT2D eigenvalue weighted by atomic mass is 10.1. The summed E-state index contributed by atoms with van der Waals surface area (Å²) in [7, 11) is 3.08. The number of halogens is 1. The fraction of sp³-hybridized carbons (Fsp3) is 0.174. The Hall–Kier alpha value is -3.38. The number of carbonyl (C=O) groups excluding carboxylic acids is 1. The molecular weight excluding hydrogens is 406 g/mol. The van der Waals surface area contributed by atoms with Gasteiger partial charge in [-0.3, -0.25) is 4.79 Å². The highest BCUT2D eigenvalue weighted by Gasteiger charge is 2.16. The number of carbonyl (C=O) groups is 1. The monoisotopic (exact) mass is 427 g/mol. The van der Waals surface area contributed by atoms with Gasteiger partial charge in [-0.25, -0.2) is 0 Å². The van der Waals surface area contributed by atoms with E-state index in [0.717, 1.165) is 0 Å². The second-order valence-corrected chi connectivity index (χ2v) is 6.56. The van der Waals surface area contributed by atoms with E-state index in [1.165, 1.54) is 13.2 Å². The van der Waals surface area contributed by atoms with Crippen LogP contribution < -0.4 is 24.3 Å². The van der Waals surface area contributed by atoms with Crippen LogP contribution in [0.2, 0.25) is 5.02 Å². The first-order chi connectivity index (χ1) is 14.5. The first kappa shape index (κ1) is 21.3. The predicted molar refractivity (Wildman–Crippen MR) is 117 cm³/mol. The van der Waals surface area contributed by atoms with Crippen molar-refractivity contribution in [2.75, 3.05) is 26.1 Å². The van der Waals surface area contributed by atoms with Crippen molar-refractivity contribution in [1.29, 1.82) is 0 Å². The number of amides is 1. The van der Waals surface area contributed by atoms with Crippen LogP contribution in [0.15, 0.2) is 60.7 Å². The number of nitrogens with one attached hydrogen (secondary N) is 1. The number of hydrogen-bond donors (Lipinski definition) is 1. The smallest absolute Gasteiger partial charge is 0.255 e. The number of methoxy groups -OCH3 is 2. The number of anilines is 1. The molecule has 0 saturated heterocycles. The molecule has 1 amide bonds. The van der Waals surface area contributed by atoms with Crippen molar-refractivity contribution in [1.82, 2.24) is 0 Å². The highest BCUT2D eigenvalue weighted by atomic mass is 35.5. The molecule has 3 rings (SSSR count). The van der Waals surface area contributed by atoms with Crippen molar-refractivity contribution in [3.05, 3.63) is 71.2 Å². The normalized spacial score (nSPS) is 10.3. The van der Waals surface area contributed by atoms with E-state index in [-0.39, 0.29) is 5.91 Å². The molecule has 3 aromatic carbocycles. The minimum atomic E-state index is -0.320. The molecule has 7 heteroatoms. The second kappa shape index (κ2) is 9.89. The Morgan fingerprint density at radius 2 is 1.63 bits per heavy atom. The van der Waals surface area contributed by atoms with Gasteiger partial charge in [0.05, 0.1) is 25.8 Å². The lowest BCUT2D eigenvalue weighted by molar-refractivity contribution is 0.102. The van der Waals surface area contributed by atoms with E-state index in [4.69, 9.17) is 30.5 Å². The maximum absolute atomic E-state index is 12.7. The summed E-state index contributed by atoms with van der Waals surface area (Å²) in [4.78, 5) is 12.7. The van der Waals surface area contributed by atoms with Gasteiger partial charge in [-0.1, -0.05) is 23.7 Å². The average molecular weight is 428 g/mol. The summed E-state index contributed by atoms with van der Waals surface area (Å²) in [5.41, 5.74) is 0.968. The van der Waals surface area contributed by atoms with Crippen molar-refractivity contribution in [2.24, 2.45) is 0 Å². The van der Waals surface area contributed by atoms with Crippen LogP contribution in [-0.4, -0.2) is 26.7 Å². The van der Waals surface area contributed by atoms with Crippen molar-refractivity contribution >= 4 is 23.2 Å². The maximum Gasteiger partial charge on any atom is 0.255 e. The number of para-hydroxylation sites is 2. The molecule has 0 spiro atoms. The molecule has 0 saturated carbocycles. The largest absolute Gasteiger partial charge is 0.493 e. The topological polar surface area (TPSA) is 66.0 Å². The van der Waals surface area contributed by atoms with Gasteiger partial charge in [0.1, 0.15) is 5.75 Å². The lowest BCUT2D eigenvalue weighted by Gasteiger charge is -2.13. The Morgan fingerprint density at radius 1 is 0.933 bits per heavy atom. The van der Waals surface area contributed by atoms with Gasteiger partial charge in [0, 0.05) is 11.3 Å². The van der Waals surface area contributed by atoms with Gasteiger partial charge in [0.2, 0.25) is 0 Å². The van der Waals surface area contributed by atoms with Crippen LogP contribution in [-0.2, 0) is 0 Å². The average Bonchev–Trinajstić information content (AvgIpc) is 2.75. The first-order valence-electron chi connectivity index (χ1n) is 9.28. The molecule has 0 bridgehead atoms. The Kier molecular flexibility index (Phi) is 7.03. The summed E-state index contributed by atoms with van der Waals surface area (Å²) >= 11 is 6.23.